The third-order valence-corrected chi connectivity index (χ3v) is 4.53. The molecular weight excluding hydrogens is 260 g/mol. The van der Waals surface area contributed by atoms with E-state index in [1.54, 1.807) is 0 Å². The van der Waals surface area contributed by atoms with Crippen LogP contribution < -0.4 is 5.32 Å². The third kappa shape index (κ3) is 2.41. The molecule has 3 rings (SSSR count). The second-order valence-electron chi connectivity index (χ2n) is 5.92. The first kappa shape index (κ1) is 13.8. The van der Waals surface area contributed by atoms with Gasteiger partial charge >= 0.3 is 6.03 Å². The molecule has 0 saturated carbocycles. The molecule has 7 nitrogen and oxygen atoms in total. The van der Waals surface area contributed by atoms with Crippen molar-refractivity contribution in [1.82, 2.24) is 20.0 Å². The zero-order valence-electron chi connectivity index (χ0n) is 11.9. The van der Waals surface area contributed by atoms with Crippen molar-refractivity contribution < 1.29 is 14.3 Å². The van der Waals surface area contributed by atoms with Crippen molar-refractivity contribution in [2.75, 3.05) is 53.1 Å². The van der Waals surface area contributed by atoms with E-state index in [0.29, 0.717) is 32.7 Å². The average molecular weight is 282 g/mol. The number of hydrogen-bond donors (Lipinski definition) is 1. The first-order valence-electron chi connectivity index (χ1n) is 7.23. The fraction of sp³-hybridized carbons (Fsp3) is 0.846. The molecule has 0 unspecified atom stereocenters. The van der Waals surface area contributed by atoms with E-state index in [1.165, 1.54) is 4.90 Å². The monoisotopic (exact) mass is 282 g/mol. The van der Waals surface area contributed by atoms with Crippen molar-refractivity contribution >= 4 is 11.9 Å². The van der Waals surface area contributed by atoms with Gasteiger partial charge in [0.05, 0.1) is 19.9 Å². The molecule has 3 saturated heterocycles. The number of nitrogens with zero attached hydrogens (tertiary/aromatic N) is 3. The van der Waals surface area contributed by atoms with Gasteiger partial charge in [0.2, 0.25) is 0 Å². The molecule has 3 aliphatic rings. The maximum Gasteiger partial charge on any atom is 0.326 e. The summed E-state index contributed by atoms with van der Waals surface area (Å²) in [6, 6.07) is -0.244. The highest BCUT2D eigenvalue weighted by molar-refractivity contribution is 6.07. The third-order valence-electron chi connectivity index (χ3n) is 4.53. The van der Waals surface area contributed by atoms with Crippen molar-refractivity contribution in [3.05, 3.63) is 0 Å². The van der Waals surface area contributed by atoms with Crippen molar-refractivity contribution in [1.29, 1.82) is 0 Å². The Morgan fingerprint density at radius 3 is 2.45 bits per heavy atom. The van der Waals surface area contributed by atoms with Crippen LogP contribution in [0.3, 0.4) is 0 Å². The highest BCUT2D eigenvalue weighted by Crippen LogP contribution is 2.29. The van der Waals surface area contributed by atoms with E-state index in [-0.39, 0.29) is 11.9 Å². The van der Waals surface area contributed by atoms with Gasteiger partial charge in [-0.05, 0) is 19.9 Å². The smallest absolute Gasteiger partial charge is 0.326 e. The minimum atomic E-state index is -0.657. The minimum Gasteiger partial charge on any atom is -0.379 e. The lowest BCUT2D eigenvalue weighted by Gasteiger charge is -2.35. The molecule has 0 aromatic carbocycles. The first-order valence-corrected chi connectivity index (χ1v) is 7.23. The Kier molecular flexibility index (Phi) is 3.66. The highest BCUT2D eigenvalue weighted by Gasteiger charge is 2.52. The Morgan fingerprint density at radius 1 is 1.15 bits per heavy atom. The van der Waals surface area contributed by atoms with Crippen LogP contribution >= 0.6 is 0 Å². The Morgan fingerprint density at radius 2 is 1.80 bits per heavy atom. The molecule has 112 valence electrons. The number of imide groups is 1. The molecule has 3 heterocycles. The Bertz CT molecular complexity index is 400. The highest BCUT2D eigenvalue weighted by atomic mass is 16.5. The lowest BCUT2D eigenvalue weighted by molar-refractivity contribution is -0.135. The number of piperidine rings is 1. The number of carbonyl (C=O) groups is 2. The summed E-state index contributed by atoms with van der Waals surface area (Å²) in [6.07, 6.45) is 1.40. The fourth-order valence-electron chi connectivity index (χ4n) is 3.09. The molecule has 3 fully saturated rings. The SMILES string of the molecule is CN1CCC2(CC1)NC(=O)N(CN1CCOCC1)C2=O. The summed E-state index contributed by atoms with van der Waals surface area (Å²) in [5.41, 5.74) is -0.657. The fourth-order valence-corrected chi connectivity index (χ4v) is 3.09. The number of amides is 3. The van der Waals surface area contributed by atoms with Gasteiger partial charge < -0.3 is 15.0 Å². The van der Waals surface area contributed by atoms with Crippen molar-refractivity contribution in [2.24, 2.45) is 0 Å². The largest absolute Gasteiger partial charge is 0.379 e. The van der Waals surface area contributed by atoms with Gasteiger partial charge in [0.15, 0.2) is 0 Å². The molecule has 0 radical (unpaired) electrons. The van der Waals surface area contributed by atoms with Gasteiger partial charge in [-0.1, -0.05) is 0 Å². The standard InChI is InChI=1S/C13H22N4O3/c1-15-4-2-13(3-5-15)11(18)17(12(19)14-13)10-16-6-8-20-9-7-16/h2-10H2,1H3,(H,14,19). The van der Waals surface area contributed by atoms with E-state index in [0.717, 1.165) is 26.2 Å². The van der Waals surface area contributed by atoms with Gasteiger partial charge in [0.25, 0.3) is 5.91 Å². The second kappa shape index (κ2) is 5.31. The molecule has 0 atom stereocenters. The summed E-state index contributed by atoms with van der Waals surface area (Å²) in [6.45, 7) is 4.94. The Labute approximate surface area is 118 Å². The molecule has 0 aromatic heterocycles. The number of carbonyl (C=O) groups excluding carboxylic acids is 2. The number of likely N-dealkylation sites (tertiary alicyclic amines) is 1. The van der Waals surface area contributed by atoms with Crippen LogP contribution in [0.25, 0.3) is 0 Å². The van der Waals surface area contributed by atoms with E-state index in [4.69, 9.17) is 4.74 Å². The molecular formula is C13H22N4O3. The Balaban J connectivity index is 1.67. The van der Waals surface area contributed by atoms with Crippen LogP contribution in [0.15, 0.2) is 0 Å². The minimum absolute atomic E-state index is 0.0536. The van der Waals surface area contributed by atoms with Crippen LogP contribution in [0.1, 0.15) is 12.8 Å². The van der Waals surface area contributed by atoms with E-state index in [9.17, 15) is 9.59 Å². The van der Waals surface area contributed by atoms with Crippen molar-refractivity contribution in [3.8, 4) is 0 Å². The molecule has 0 aliphatic carbocycles. The van der Waals surface area contributed by atoms with Gasteiger partial charge in [-0.15, -0.1) is 0 Å². The molecule has 3 amide bonds. The van der Waals surface area contributed by atoms with Crippen LogP contribution in [0.5, 0.6) is 0 Å². The van der Waals surface area contributed by atoms with Crippen molar-refractivity contribution in [3.63, 3.8) is 0 Å². The van der Waals surface area contributed by atoms with Gasteiger partial charge in [0.1, 0.15) is 5.54 Å². The molecule has 1 N–H and O–H groups in total. The molecule has 1 spiro atoms. The molecule has 3 aliphatic heterocycles. The quantitative estimate of drug-likeness (QED) is 0.678. The molecule has 0 bridgehead atoms. The van der Waals surface area contributed by atoms with Crippen molar-refractivity contribution in [2.45, 2.75) is 18.4 Å². The maximum absolute atomic E-state index is 12.6. The van der Waals surface area contributed by atoms with Gasteiger partial charge in [-0.2, -0.15) is 0 Å². The van der Waals surface area contributed by atoms with Crippen LogP contribution in [0.2, 0.25) is 0 Å². The van der Waals surface area contributed by atoms with E-state index >= 15 is 0 Å². The van der Waals surface area contributed by atoms with Gasteiger partial charge in [-0.3, -0.25) is 9.69 Å². The van der Waals surface area contributed by atoms with Crippen LogP contribution in [-0.2, 0) is 9.53 Å². The number of nitrogens with one attached hydrogen (secondary N) is 1. The summed E-state index contributed by atoms with van der Waals surface area (Å²) in [4.78, 5) is 30.4. The van der Waals surface area contributed by atoms with E-state index < -0.39 is 5.54 Å². The zero-order chi connectivity index (χ0) is 14.2. The summed E-state index contributed by atoms with van der Waals surface area (Å²) in [5, 5.41) is 2.93. The Hall–Kier alpha value is -1.18. The normalized spacial score (nSPS) is 28.1. The van der Waals surface area contributed by atoms with Gasteiger partial charge in [-0.25, -0.2) is 9.69 Å². The first-order chi connectivity index (χ1) is 9.61. The van der Waals surface area contributed by atoms with Crippen LogP contribution in [0.4, 0.5) is 4.79 Å². The summed E-state index contributed by atoms with van der Waals surface area (Å²) in [5.74, 6) is -0.0536. The number of rotatable bonds is 2. The summed E-state index contributed by atoms with van der Waals surface area (Å²) in [7, 11) is 2.04. The summed E-state index contributed by atoms with van der Waals surface area (Å²) >= 11 is 0. The zero-order valence-corrected chi connectivity index (χ0v) is 11.9. The number of morpholine rings is 1. The van der Waals surface area contributed by atoms with Crippen LogP contribution in [-0.4, -0.2) is 85.3 Å². The molecule has 20 heavy (non-hydrogen) atoms. The number of ether oxygens (including phenoxy) is 1. The number of hydrogen-bond acceptors (Lipinski definition) is 5. The average Bonchev–Trinajstić information content (AvgIpc) is 2.68. The predicted molar refractivity (Wildman–Crippen MR) is 72.1 cm³/mol. The lowest BCUT2D eigenvalue weighted by Crippen LogP contribution is -2.54. The van der Waals surface area contributed by atoms with Crippen LogP contribution in [0, 0.1) is 0 Å². The topological polar surface area (TPSA) is 65.1 Å². The molecule has 7 heteroatoms. The predicted octanol–water partition coefficient (Wildman–Crippen LogP) is -0.708. The lowest BCUT2D eigenvalue weighted by atomic mass is 9.88. The number of urea groups is 1. The maximum atomic E-state index is 12.6. The van der Waals surface area contributed by atoms with E-state index in [2.05, 4.69) is 15.1 Å². The van der Waals surface area contributed by atoms with Gasteiger partial charge in [0, 0.05) is 26.2 Å². The second-order valence-corrected chi connectivity index (χ2v) is 5.92. The summed E-state index contributed by atoms with van der Waals surface area (Å²) < 4.78 is 5.29. The van der Waals surface area contributed by atoms with E-state index in [1.807, 2.05) is 7.05 Å². The molecule has 0 aromatic rings.